The molecular formula is C13H26. The summed E-state index contributed by atoms with van der Waals surface area (Å²) in [6.45, 7) is 9.13. The van der Waals surface area contributed by atoms with Crippen molar-refractivity contribution in [1.82, 2.24) is 0 Å². The van der Waals surface area contributed by atoms with E-state index >= 15 is 0 Å². The molecule has 0 radical (unpaired) electrons. The van der Waals surface area contributed by atoms with Gasteiger partial charge in [-0.3, -0.25) is 0 Å². The smallest absolute Gasteiger partial charge is 0.0318 e. The molecule has 78 valence electrons. The first kappa shape index (κ1) is 12.7. The average Bonchev–Trinajstić information content (AvgIpc) is 2.17. The molecule has 0 spiro atoms. The van der Waals surface area contributed by atoms with Gasteiger partial charge in [-0.15, -0.1) is 0 Å². The topological polar surface area (TPSA) is 0 Å². The van der Waals surface area contributed by atoms with Crippen LogP contribution in [0.3, 0.4) is 0 Å². The van der Waals surface area contributed by atoms with E-state index in [0.29, 0.717) is 0 Å². The molecule has 0 amide bonds. The van der Waals surface area contributed by atoms with Gasteiger partial charge in [0.2, 0.25) is 0 Å². The van der Waals surface area contributed by atoms with Crippen LogP contribution in [0.4, 0.5) is 0 Å². The van der Waals surface area contributed by atoms with Crippen LogP contribution in [0.25, 0.3) is 0 Å². The fourth-order valence-electron chi connectivity index (χ4n) is 1.58. The number of hydrogen-bond donors (Lipinski definition) is 0. The Kier molecular flexibility index (Phi) is 8.18. The Morgan fingerprint density at radius 3 is 1.62 bits per heavy atom. The van der Waals surface area contributed by atoms with Crippen molar-refractivity contribution in [1.29, 1.82) is 0 Å². The molecule has 0 aromatic carbocycles. The zero-order chi connectivity index (χ0) is 10.1. The van der Waals surface area contributed by atoms with Crippen LogP contribution in [-0.4, -0.2) is 0 Å². The van der Waals surface area contributed by atoms with Crippen LogP contribution in [0.2, 0.25) is 0 Å². The Morgan fingerprint density at radius 1 is 0.846 bits per heavy atom. The molecule has 0 rings (SSSR count). The highest BCUT2D eigenvalue weighted by Gasteiger charge is 2.00. The maximum Gasteiger partial charge on any atom is -0.0318 e. The lowest BCUT2D eigenvalue weighted by molar-refractivity contribution is 0.700. The summed E-state index contributed by atoms with van der Waals surface area (Å²) in [7, 11) is 0. The Labute approximate surface area is 84.4 Å². The fraction of sp³-hybridized carbons (Fsp3) is 0.846. The molecule has 0 saturated heterocycles. The van der Waals surface area contributed by atoms with Gasteiger partial charge in [0, 0.05) is 0 Å². The number of allylic oxidation sites excluding steroid dienone is 2. The number of rotatable bonds is 7. The standard InChI is InChI=1S/C13H26/c1-5-8-10-13(11-9-6-2)12(4)7-3/h5-11H2,1-4H3. The highest BCUT2D eigenvalue weighted by Crippen LogP contribution is 2.20. The quantitative estimate of drug-likeness (QED) is 0.481. The molecule has 13 heavy (non-hydrogen) atoms. The maximum absolute atomic E-state index is 2.31. The molecule has 0 fully saturated rings. The van der Waals surface area contributed by atoms with Crippen molar-refractivity contribution in [2.24, 2.45) is 0 Å². The molecule has 0 N–H and O–H groups in total. The molecule has 0 heteroatoms. The monoisotopic (exact) mass is 182 g/mol. The van der Waals surface area contributed by atoms with Crippen molar-refractivity contribution in [2.75, 3.05) is 0 Å². The van der Waals surface area contributed by atoms with Gasteiger partial charge in [0.25, 0.3) is 0 Å². The molecule has 0 saturated carbocycles. The Morgan fingerprint density at radius 2 is 1.31 bits per heavy atom. The highest BCUT2D eigenvalue weighted by atomic mass is 14.1. The molecule has 0 aromatic heterocycles. The summed E-state index contributed by atoms with van der Waals surface area (Å²) >= 11 is 0. The van der Waals surface area contributed by atoms with Gasteiger partial charge < -0.3 is 0 Å². The van der Waals surface area contributed by atoms with Crippen molar-refractivity contribution < 1.29 is 0 Å². The lowest BCUT2D eigenvalue weighted by atomic mass is 9.97. The van der Waals surface area contributed by atoms with Gasteiger partial charge in [0.1, 0.15) is 0 Å². The normalized spacial score (nSPS) is 10.2. The lowest BCUT2D eigenvalue weighted by Crippen LogP contribution is -1.90. The lowest BCUT2D eigenvalue weighted by Gasteiger charge is -2.10. The zero-order valence-electron chi connectivity index (χ0n) is 9.95. The first-order chi connectivity index (χ1) is 6.26. The summed E-state index contributed by atoms with van der Waals surface area (Å²) in [6.07, 6.45) is 9.32. The summed E-state index contributed by atoms with van der Waals surface area (Å²) in [6, 6.07) is 0. The van der Waals surface area contributed by atoms with E-state index in [1.54, 1.807) is 11.1 Å². The van der Waals surface area contributed by atoms with E-state index in [4.69, 9.17) is 0 Å². The van der Waals surface area contributed by atoms with Gasteiger partial charge in [-0.1, -0.05) is 44.8 Å². The Bertz CT molecular complexity index is 132. The predicted octanol–water partition coefficient (Wildman–Crippen LogP) is 5.09. The van der Waals surface area contributed by atoms with E-state index in [2.05, 4.69) is 27.7 Å². The van der Waals surface area contributed by atoms with Crippen molar-refractivity contribution in [3.8, 4) is 0 Å². The van der Waals surface area contributed by atoms with E-state index in [-0.39, 0.29) is 0 Å². The van der Waals surface area contributed by atoms with Gasteiger partial charge in [-0.2, -0.15) is 0 Å². The second kappa shape index (κ2) is 8.34. The van der Waals surface area contributed by atoms with Gasteiger partial charge >= 0.3 is 0 Å². The molecular weight excluding hydrogens is 156 g/mol. The van der Waals surface area contributed by atoms with Crippen LogP contribution >= 0.6 is 0 Å². The maximum atomic E-state index is 2.31. The zero-order valence-corrected chi connectivity index (χ0v) is 9.95. The number of hydrogen-bond acceptors (Lipinski definition) is 0. The fourth-order valence-corrected chi connectivity index (χ4v) is 1.58. The Hall–Kier alpha value is -0.260. The summed E-state index contributed by atoms with van der Waals surface area (Å²) in [4.78, 5) is 0. The predicted molar refractivity (Wildman–Crippen MR) is 62.0 cm³/mol. The SMILES string of the molecule is CCCCC(CCCC)=C(C)CC. The summed E-state index contributed by atoms with van der Waals surface area (Å²) in [5, 5.41) is 0. The second-order valence-electron chi connectivity index (χ2n) is 3.94. The molecule has 0 nitrogen and oxygen atoms in total. The van der Waals surface area contributed by atoms with E-state index in [0.717, 1.165) is 0 Å². The molecule has 0 atom stereocenters. The van der Waals surface area contributed by atoms with Crippen molar-refractivity contribution in [3.05, 3.63) is 11.1 Å². The van der Waals surface area contributed by atoms with Crippen LogP contribution in [0, 0.1) is 0 Å². The molecule has 0 bridgehead atoms. The first-order valence-corrected chi connectivity index (χ1v) is 5.93. The third-order valence-corrected chi connectivity index (χ3v) is 2.80. The van der Waals surface area contributed by atoms with Crippen LogP contribution < -0.4 is 0 Å². The first-order valence-electron chi connectivity index (χ1n) is 5.93. The molecule has 0 aromatic rings. The largest absolute Gasteiger partial charge is 0.0744 e. The Balaban J connectivity index is 4.02. The van der Waals surface area contributed by atoms with Crippen LogP contribution in [-0.2, 0) is 0 Å². The molecule has 0 aliphatic carbocycles. The van der Waals surface area contributed by atoms with Crippen LogP contribution in [0.15, 0.2) is 11.1 Å². The molecule has 0 unspecified atom stereocenters. The van der Waals surface area contributed by atoms with E-state index in [9.17, 15) is 0 Å². The minimum Gasteiger partial charge on any atom is -0.0744 e. The summed E-state index contributed by atoms with van der Waals surface area (Å²) in [5.41, 5.74) is 3.38. The third kappa shape index (κ3) is 5.90. The van der Waals surface area contributed by atoms with Crippen LogP contribution in [0.5, 0.6) is 0 Å². The highest BCUT2D eigenvalue weighted by molar-refractivity contribution is 5.11. The minimum atomic E-state index is 1.24. The van der Waals surface area contributed by atoms with Crippen molar-refractivity contribution in [3.63, 3.8) is 0 Å². The summed E-state index contributed by atoms with van der Waals surface area (Å²) in [5.74, 6) is 0. The third-order valence-electron chi connectivity index (χ3n) is 2.80. The molecule has 0 aliphatic rings. The van der Waals surface area contributed by atoms with Gasteiger partial charge in [0.15, 0.2) is 0 Å². The van der Waals surface area contributed by atoms with E-state index < -0.39 is 0 Å². The van der Waals surface area contributed by atoms with Crippen LogP contribution in [0.1, 0.15) is 72.6 Å². The van der Waals surface area contributed by atoms with Gasteiger partial charge in [-0.25, -0.2) is 0 Å². The second-order valence-corrected chi connectivity index (χ2v) is 3.94. The van der Waals surface area contributed by atoms with Crippen molar-refractivity contribution >= 4 is 0 Å². The number of unbranched alkanes of at least 4 members (excludes halogenated alkanes) is 2. The van der Waals surface area contributed by atoms with E-state index in [1.807, 2.05) is 0 Å². The van der Waals surface area contributed by atoms with Gasteiger partial charge in [0.05, 0.1) is 0 Å². The van der Waals surface area contributed by atoms with Gasteiger partial charge in [-0.05, 0) is 39.0 Å². The molecule has 0 heterocycles. The minimum absolute atomic E-state index is 1.24. The average molecular weight is 182 g/mol. The van der Waals surface area contributed by atoms with E-state index in [1.165, 1.54) is 44.9 Å². The molecule has 0 aliphatic heterocycles. The summed E-state index contributed by atoms with van der Waals surface area (Å²) < 4.78 is 0. The van der Waals surface area contributed by atoms with Crippen molar-refractivity contribution in [2.45, 2.75) is 72.6 Å².